The van der Waals surface area contributed by atoms with Crippen molar-refractivity contribution in [2.45, 2.75) is 0 Å². The highest BCUT2D eigenvalue weighted by molar-refractivity contribution is 9.10. The zero-order valence-electron chi connectivity index (χ0n) is 18.4. The minimum Gasteiger partial charge on any atom is -0.274 e. The van der Waals surface area contributed by atoms with Crippen LogP contribution in [-0.2, 0) is 9.59 Å². The Kier molecular flexibility index (Phi) is 5.57. The highest BCUT2D eigenvalue weighted by Crippen LogP contribution is 2.59. The van der Waals surface area contributed by atoms with Gasteiger partial charge in [-0.1, -0.05) is 68.3 Å². The first-order valence-electron chi connectivity index (χ1n) is 11.2. The van der Waals surface area contributed by atoms with E-state index in [4.69, 9.17) is 0 Å². The molecule has 2 bridgehead atoms. The van der Waals surface area contributed by atoms with E-state index in [-0.39, 0.29) is 0 Å². The molecule has 36 heavy (non-hydrogen) atoms. The molecule has 1 heterocycles. The summed E-state index contributed by atoms with van der Waals surface area (Å²) in [5.74, 6) is -7.41. The number of halogens is 5. The number of hydrogen-bond donors (Lipinski definition) is 0. The summed E-state index contributed by atoms with van der Waals surface area (Å²) in [5.41, 5.74) is 2.92. The normalized spacial score (nSPS) is 24.1. The first-order chi connectivity index (χ1) is 17.3. The van der Waals surface area contributed by atoms with Gasteiger partial charge in [0.25, 0.3) is 0 Å². The van der Waals surface area contributed by atoms with Gasteiger partial charge >= 0.3 is 0 Å². The predicted molar refractivity (Wildman–Crippen MR) is 136 cm³/mol. The number of imide groups is 1. The summed E-state index contributed by atoms with van der Waals surface area (Å²) in [6.45, 7) is 0. The van der Waals surface area contributed by atoms with Crippen molar-refractivity contribution in [1.29, 1.82) is 0 Å². The second-order valence-electron chi connectivity index (χ2n) is 9.06. The number of allylic oxidation sites excluding steroid dienone is 3. The Bertz CT molecular complexity index is 1390. The van der Waals surface area contributed by atoms with Crippen LogP contribution >= 0.6 is 31.9 Å². The highest BCUT2D eigenvalue weighted by atomic mass is 79.9. The summed E-state index contributed by atoms with van der Waals surface area (Å²) >= 11 is 6.93. The number of carbonyl (C=O) groups is 2. The zero-order chi connectivity index (χ0) is 25.3. The number of nitrogens with zero attached hydrogens (tertiary/aromatic N) is 1. The number of rotatable bonds is 3. The molecule has 1 aliphatic heterocycles. The molecule has 1 saturated heterocycles. The summed E-state index contributed by atoms with van der Waals surface area (Å²) in [4.78, 5) is 27.6. The summed E-state index contributed by atoms with van der Waals surface area (Å²) in [7, 11) is 0. The molecule has 3 aromatic carbocycles. The summed E-state index contributed by atoms with van der Waals surface area (Å²) in [5, 5.41) is 0. The number of fused-ring (bicyclic) bond motifs is 5. The highest BCUT2D eigenvalue weighted by Gasteiger charge is 2.63. The lowest BCUT2D eigenvalue weighted by Gasteiger charge is -2.22. The largest absolute Gasteiger partial charge is 0.274 e. The Labute approximate surface area is 221 Å². The van der Waals surface area contributed by atoms with Crippen molar-refractivity contribution in [2.24, 2.45) is 23.7 Å². The molecular formula is C28H16Br2F3NO2. The van der Waals surface area contributed by atoms with Gasteiger partial charge in [0.15, 0.2) is 11.6 Å². The Morgan fingerprint density at radius 1 is 0.694 bits per heavy atom. The van der Waals surface area contributed by atoms with Gasteiger partial charge < -0.3 is 0 Å². The summed E-state index contributed by atoms with van der Waals surface area (Å²) in [6.07, 6.45) is 3.82. The van der Waals surface area contributed by atoms with Crippen molar-refractivity contribution in [3.63, 3.8) is 0 Å². The molecule has 0 spiro atoms. The topological polar surface area (TPSA) is 37.4 Å². The SMILES string of the molecule is O=C1[C@H]2[C@H](C(=O)N1c1c(F)cc(F)cc1F)[C@H]1C=C[C@@H]2C1=C(c1ccc(Br)cc1)c1ccc(Br)cc1. The van der Waals surface area contributed by atoms with E-state index in [0.29, 0.717) is 17.0 Å². The molecule has 3 nitrogen and oxygen atoms in total. The van der Waals surface area contributed by atoms with Crippen LogP contribution in [0.2, 0.25) is 0 Å². The molecule has 2 amide bonds. The third-order valence-corrected chi connectivity index (χ3v) is 8.23. The fourth-order valence-corrected chi connectivity index (χ4v) is 6.33. The van der Waals surface area contributed by atoms with Crippen LogP contribution in [0.3, 0.4) is 0 Å². The lowest BCUT2D eigenvalue weighted by atomic mass is 9.85. The van der Waals surface area contributed by atoms with Gasteiger partial charge in [0.1, 0.15) is 11.5 Å². The first kappa shape index (κ1) is 23.4. The van der Waals surface area contributed by atoms with Gasteiger partial charge in [-0.05, 0) is 46.5 Å². The standard InChI is InChI=1S/C28H16Br2F3NO2/c29-15-5-1-13(2-6-15)22(14-3-7-16(30)8-4-14)23-18-9-10-19(23)25-24(18)27(35)34(28(25)36)26-20(32)11-17(31)12-21(26)33/h1-12,18-19,24-25H/t18-,19+,24-,25-/m1/s1. The molecule has 1 saturated carbocycles. The molecule has 2 aliphatic carbocycles. The second-order valence-corrected chi connectivity index (χ2v) is 10.9. The van der Waals surface area contributed by atoms with E-state index in [0.717, 1.165) is 31.2 Å². The molecule has 2 fully saturated rings. The lowest BCUT2D eigenvalue weighted by molar-refractivity contribution is -0.123. The van der Waals surface area contributed by atoms with Gasteiger partial charge in [-0.2, -0.15) is 0 Å². The van der Waals surface area contributed by atoms with E-state index in [9.17, 15) is 22.8 Å². The fraction of sp³-hybridized carbons (Fsp3) is 0.143. The first-order valence-corrected chi connectivity index (χ1v) is 12.8. The van der Waals surface area contributed by atoms with Gasteiger partial charge in [0.05, 0.1) is 11.8 Å². The van der Waals surface area contributed by atoms with Gasteiger partial charge in [-0.25, -0.2) is 18.1 Å². The maximum Gasteiger partial charge on any atom is 0.238 e. The maximum absolute atomic E-state index is 14.5. The van der Waals surface area contributed by atoms with Crippen LogP contribution in [0.25, 0.3) is 5.57 Å². The third-order valence-electron chi connectivity index (χ3n) is 7.18. The number of anilines is 1. The molecule has 3 aromatic rings. The van der Waals surface area contributed by atoms with Crippen molar-refractivity contribution >= 4 is 54.9 Å². The Hall–Kier alpha value is -2.97. The van der Waals surface area contributed by atoms with E-state index in [1.165, 1.54) is 0 Å². The van der Waals surface area contributed by atoms with Gasteiger partial charge in [-0.15, -0.1) is 0 Å². The predicted octanol–water partition coefficient (Wildman–Crippen LogP) is 7.05. The average Bonchev–Trinajstić information content (AvgIpc) is 3.46. The van der Waals surface area contributed by atoms with Crippen LogP contribution in [0.4, 0.5) is 18.9 Å². The minimum atomic E-state index is -1.28. The average molecular weight is 615 g/mol. The van der Waals surface area contributed by atoms with E-state index in [1.54, 1.807) is 0 Å². The quantitative estimate of drug-likeness (QED) is 0.234. The van der Waals surface area contributed by atoms with Crippen LogP contribution in [-0.4, -0.2) is 11.8 Å². The zero-order valence-corrected chi connectivity index (χ0v) is 21.6. The van der Waals surface area contributed by atoms with Crippen LogP contribution < -0.4 is 4.90 Å². The van der Waals surface area contributed by atoms with Crippen molar-refractivity contribution in [3.05, 3.63) is 116 Å². The summed E-state index contributed by atoms with van der Waals surface area (Å²) in [6, 6.07) is 16.6. The minimum absolute atomic E-state index is 0.407. The number of amides is 2. The van der Waals surface area contributed by atoms with Crippen molar-refractivity contribution in [2.75, 3.05) is 4.90 Å². The maximum atomic E-state index is 14.5. The monoisotopic (exact) mass is 613 g/mol. The van der Waals surface area contributed by atoms with Crippen LogP contribution in [0.15, 0.2) is 87.3 Å². The van der Waals surface area contributed by atoms with E-state index in [1.807, 2.05) is 60.7 Å². The third kappa shape index (κ3) is 3.45. The molecule has 3 aliphatic rings. The van der Waals surface area contributed by atoms with Crippen LogP contribution in [0.5, 0.6) is 0 Å². The van der Waals surface area contributed by atoms with E-state index < -0.39 is 58.6 Å². The van der Waals surface area contributed by atoms with E-state index in [2.05, 4.69) is 31.9 Å². The molecular weight excluding hydrogens is 599 g/mol. The number of benzene rings is 3. The lowest BCUT2D eigenvalue weighted by Crippen LogP contribution is -2.34. The van der Waals surface area contributed by atoms with Crippen molar-refractivity contribution < 1.29 is 22.8 Å². The van der Waals surface area contributed by atoms with Gasteiger partial charge in [-0.3, -0.25) is 9.59 Å². The van der Waals surface area contributed by atoms with Gasteiger partial charge in [0, 0.05) is 32.9 Å². The van der Waals surface area contributed by atoms with Gasteiger partial charge in [0.2, 0.25) is 11.8 Å². The summed E-state index contributed by atoms with van der Waals surface area (Å²) < 4.78 is 44.4. The van der Waals surface area contributed by atoms with Crippen molar-refractivity contribution in [1.82, 2.24) is 0 Å². The Morgan fingerprint density at radius 2 is 1.11 bits per heavy atom. The fourth-order valence-electron chi connectivity index (χ4n) is 5.80. The smallest absolute Gasteiger partial charge is 0.238 e. The van der Waals surface area contributed by atoms with E-state index >= 15 is 0 Å². The second kappa shape index (κ2) is 8.56. The molecule has 0 unspecified atom stereocenters. The Balaban J connectivity index is 1.49. The molecule has 0 radical (unpaired) electrons. The molecule has 0 N–H and O–H groups in total. The van der Waals surface area contributed by atoms with Crippen molar-refractivity contribution in [3.8, 4) is 0 Å². The molecule has 6 rings (SSSR count). The molecule has 4 atom stereocenters. The molecule has 8 heteroatoms. The molecule has 0 aromatic heterocycles. The van der Waals surface area contributed by atoms with Crippen LogP contribution in [0.1, 0.15) is 11.1 Å². The Morgan fingerprint density at radius 3 is 1.53 bits per heavy atom. The number of carbonyl (C=O) groups excluding carboxylic acids is 2. The molecule has 180 valence electrons. The van der Waals surface area contributed by atoms with Crippen LogP contribution in [0, 0.1) is 41.1 Å². The number of hydrogen-bond acceptors (Lipinski definition) is 2.